The molecule has 0 aliphatic rings. The molecule has 0 spiro atoms. The Labute approximate surface area is 135 Å². The van der Waals surface area contributed by atoms with Gasteiger partial charge in [-0.2, -0.15) is 0 Å². The fraction of sp³-hybridized carbons (Fsp3) is 0.133. The van der Waals surface area contributed by atoms with E-state index in [0.29, 0.717) is 21.0 Å². The summed E-state index contributed by atoms with van der Waals surface area (Å²) in [6, 6.07) is 10.0. The predicted molar refractivity (Wildman–Crippen MR) is 83.4 cm³/mol. The van der Waals surface area contributed by atoms with Crippen LogP contribution >= 0.6 is 27.5 Å². The lowest BCUT2D eigenvalue weighted by atomic mass is 10.2. The number of hydrogen-bond donors (Lipinski definition) is 1. The van der Waals surface area contributed by atoms with Crippen molar-refractivity contribution in [1.82, 2.24) is 0 Å². The van der Waals surface area contributed by atoms with Gasteiger partial charge in [-0.05, 0) is 52.3 Å². The second-order valence-corrected chi connectivity index (χ2v) is 5.48. The van der Waals surface area contributed by atoms with Crippen molar-refractivity contribution in [3.63, 3.8) is 0 Å². The molecular formula is C15H12BrClO4. The van der Waals surface area contributed by atoms with Gasteiger partial charge >= 0.3 is 5.97 Å². The van der Waals surface area contributed by atoms with E-state index < -0.39 is 5.97 Å². The molecule has 0 saturated carbocycles. The quantitative estimate of drug-likeness (QED) is 0.847. The van der Waals surface area contributed by atoms with Crippen molar-refractivity contribution < 1.29 is 19.4 Å². The number of carboxylic acids is 1. The topological polar surface area (TPSA) is 55.8 Å². The Hall–Kier alpha value is -1.72. The van der Waals surface area contributed by atoms with Crippen LogP contribution in [0.15, 0.2) is 40.9 Å². The molecule has 110 valence electrons. The van der Waals surface area contributed by atoms with Crippen molar-refractivity contribution in [3.8, 4) is 11.5 Å². The van der Waals surface area contributed by atoms with Gasteiger partial charge in [-0.3, -0.25) is 0 Å². The summed E-state index contributed by atoms with van der Waals surface area (Å²) in [5.74, 6) is 0.0975. The SMILES string of the molecule is COc1ccc(Cl)cc1COc1ccc(Br)c(C(=O)O)c1. The van der Waals surface area contributed by atoms with Crippen molar-refractivity contribution in [2.75, 3.05) is 7.11 Å². The van der Waals surface area contributed by atoms with Crippen LogP contribution in [0.1, 0.15) is 15.9 Å². The third kappa shape index (κ3) is 3.89. The van der Waals surface area contributed by atoms with Gasteiger partial charge in [-0.15, -0.1) is 0 Å². The van der Waals surface area contributed by atoms with E-state index in [9.17, 15) is 4.79 Å². The van der Waals surface area contributed by atoms with Crippen molar-refractivity contribution in [2.24, 2.45) is 0 Å². The zero-order valence-electron chi connectivity index (χ0n) is 11.1. The smallest absolute Gasteiger partial charge is 0.336 e. The molecule has 2 aromatic rings. The van der Waals surface area contributed by atoms with Crippen molar-refractivity contribution in [1.29, 1.82) is 0 Å². The maximum absolute atomic E-state index is 11.1. The molecule has 0 unspecified atom stereocenters. The monoisotopic (exact) mass is 370 g/mol. The minimum Gasteiger partial charge on any atom is -0.496 e. The Kier molecular flexibility index (Phi) is 5.09. The van der Waals surface area contributed by atoms with Gasteiger partial charge in [0.25, 0.3) is 0 Å². The normalized spacial score (nSPS) is 10.2. The Bertz CT molecular complexity index is 673. The number of aromatic carboxylic acids is 1. The highest BCUT2D eigenvalue weighted by Crippen LogP contribution is 2.26. The summed E-state index contributed by atoms with van der Waals surface area (Å²) in [7, 11) is 1.56. The van der Waals surface area contributed by atoms with Crippen LogP contribution in [0.4, 0.5) is 0 Å². The number of carboxylic acid groups (broad SMARTS) is 1. The van der Waals surface area contributed by atoms with E-state index in [1.54, 1.807) is 37.4 Å². The molecule has 4 nitrogen and oxygen atoms in total. The lowest BCUT2D eigenvalue weighted by molar-refractivity contribution is 0.0695. The molecule has 0 radical (unpaired) electrons. The van der Waals surface area contributed by atoms with Crippen LogP contribution in [0.25, 0.3) is 0 Å². The van der Waals surface area contributed by atoms with Crippen molar-refractivity contribution in [2.45, 2.75) is 6.61 Å². The minimum absolute atomic E-state index is 0.144. The van der Waals surface area contributed by atoms with Crippen LogP contribution in [0.3, 0.4) is 0 Å². The Morgan fingerprint density at radius 1 is 1.29 bits per heavy atom. The van der Waals surface area contributed by atoms with Crippen LogP contribution in [-0.4, -0.2) is 18.2 Å². The highest BCUT2D eigenvalue weighted by Gasteiger charge is 2.10. The molecule has 2 rings (SSSR count). The number of hydrogen-bond acceptors (Lipinski definition) is 3. The van der Waals surface area contributed by atoms with E-state index in [-0.39, 0.29) is 12.2 Å². The van der Waals surface area contributed by atoms with Crippen LogP contribution in [0.5, 0.6) is 11.5 Å². The van der Waals surface area contributed by atoms with Crippen LogP contribution in [-0.2, 0) is 6.61 Å². The number of ether oxygens (including phenoxy) is 2. The van der Waals surface area contributed by atoms with Crippen LogP contribution in [0, 0.1) is 0 Å². The minimum atomic E-state index is -1.02. The number of rotatable bonds is 5. The van der Waals surface area contributed by atoms with Gasteiger partial charge in [0.2, 0.25) is 0 Å². The zero-order chi connectivity index (χ0) is 15.4. The predicted octanol–water partition coefficient (Wildman–Crippen LogP) is 4.39. The fourth-order valence-corrected chi connectivity index (χ4v) is 2.39. The largest absolute Gasteiger partial charge is 0.496 e. The summed E-state index contributed by atoms with van der Waals surface area (Å²) in [4.78, 5) is 11.1. The highest BCUT2D eigenvalue weighted by atomic mass is 79.9. The molecule has 0 amide bonds. The fourth-order valence-electron chi connectivity index (χ4n) is 1.78. The van der Waals surface area contributed by atoms with E-state index in [2.05, 4.69) is 15.9 Å². The highest BCUT2D eigenvalue weighted by molar-refractivity contribution is 9.10. The summed E-state index contributed by atoms with van der Waals surface area (Å²) in [6.07, 6.45) is 0. The standard InChI is InChI=1S/C15H12BrClO4/c1-20-14-5-2-10(17)6-9(14)8-21-11-3-4-13(16)12(7-11)15(18)19/h2-7H,8H2,1H3,(H,18,19). The third-order valence-electron chi connectivity index (χ3n) is 2.81. The first kappa shape index (κ1) is 15.7. The lowest BCUT2D eigenvalue weighted by Crippen LogP contribution is -2.01. The van der Waals surface area contributed by atoms with Crippen LogP contribution in [0.2, 0.25) is 5.02 Å². The maximum atomic E-state index is 11.1. The van der Waals surface area contributed by atoms with Gasteiger partial charge in [0.1, 0.15) is 18.1 Å². The van der Waals surface area contributed by atoms with Crippen molar-refractivity contribution >= 4 is 33.5 Å². The van der Waals surface area contributed by atoms with E-state index in [4.69, 9.17) is 26.2 Å². The zero-order valence-corrected chi connectivity index (χ0v) is 13.4. The van der Waals surface area contributed by atoms with E-state index >= 15 is 0 Å². The van der Waals surface area contributed by atoms with Gasteiger partial charge in [0.15, 0.2) is 0 Å². The van der Waals surface area contributed by atoms with Gasteiger partial charge in [0.05, 0.1) is 12.7 Å². The average Bonchev–Trinajstić information content (AvgIpc) is 2.46. The Morgan fingerprint density at radius 2 is 2.05 bits per heavy atom. The van der Waals surface area contributed by atoms with Gasteiger partial charge in [0, 0.05) is 15.1 Å². The average molecular weight is 372 g/mol. The second kappa shape index (κ2) is 6.83. The molecule has 6 heteroatoms. The van der Waals surface area contributed by atoms with Crippen molar-refractivity contribution in [3.05, 3.63) is 57.0 Å². The molecule has 1 N–H and O–H groups in total. The summed E-state index contributed by atoms with van der Waals surface area (Å²) in [5.41, 5.74) is 0.926. The van der Waals surface area contributed by atoms with E-state index in [1.165, 1.54) is 6.07 Å². The maximum Gasteiger partial charge on any atom is 0.336 e. The Balaban J connectivity index is 2.19. The van der Waals surface area contributed by atoms with Gasteiger partial charge in [-0.25, -0.2) is 4.79 Å². The Morgan fingerprint density at radius 3 is 2.71 bits per heavy atom. The van der Waals surface area contributed by atoms with Gasteiger partial charge < -0.3 is 14.6 Å². The number of methoxy groups -OCH3 is 1. The first-order valence-electron chi connectivity index (χ1n) is 5.99. The molecule has 0 heterocycles. The molecular weight excluding hydrogens is 360 g/mol. The first-order valence-corrected chi connectivity index (χ1v) is 7.16. The molecule has 0 aliphatic heterocycles. The number of halogens is 2. The number of carbonyl (C=O) groups is 1. The molecule has 21 heavy (non-hydrogen) atoms. The summed E-state index contributed by atoms with van der Waals surface area (Å²) in [5, 5.41) is 9.65. The molecule has 0 aliphatic carbocycles. The third-order valence-corrected chi connectivity index (χ3v) is 3.73. The molecule has 0 aromatic heterocycles. The van der Waals surface area contributed by atoms with E-state index in [1.807, 2.05) is 0 Å². The summed E-state index contributed by atoms with van der Waals surface area (Å²) >= 11 is 9.13. The summed E-state index contributed by atoms with van der Waals surface area (Å²) < 4.78 is 11.3. The summed E-state index contributed by atoms with van der Waals surface area (Å²) in [6.45, 7) is 0.227. The molecule has 0 fully saturated rings. The number of benzene rings is 2. The first-order chi connectivity index (χ1) is 10.0. The van der Waals surface area contributed by atoms with E-state index in [0.717, 1.165) is 5.56 Å². The molecule has 0 saturated heterocycles. The van der Waals surface area contributed by atoms with Gasteiger partial charge in [-0.1, -0.05) is 11.6 Å². The molecule has 2 aromatic carbocycles. The molecule has 0 bridgehead atoms. The van der Waals surface area contributed by atoms with Crippen LogP contribution < -0.4 is 9.47 Å². The lowest BCUT2D eigenvalue weighted by Gasteiger charge is -2.11. The second-order valence-electron chi connectivity index (χ2n) is 4.19. The molecule has 0 atom stereocenters.